The molecule has 6 rings (SSSR count). The van der Waals surface area contributed by atoms with Crippen LogP contribution in [0.15, 0.2) is 107 Å². The van der Waals surface area contributed by atoms with E-state index in [1.807, 2.05) is 97.1 Å². The molecular formula is C36H20N4S2. The van der Waals surface area contributed by atoms with Crippen LogP contribution in [0.2, 0.25) is 0 Å². The zero-order chi connectivity index (χ0) is 29.1. The summed E-state index contributed by atoms with van der Waals surface area (Å²) in [5, 5.41) is 47.6. The zero-order valence-corrected chi connectivity index (χ0v) is 23.9. The summed E-state index contributed by atoms with van der Waals surface area (Å²) in [7, 11) is 0. The average Bonchev–Trinajstić information content (AvgIpc) is 3.05. The van der Waals surface area contributed by atoms with E-state index < -0.39 is 0 Å². The molecule has 0 aliphatic rings. The second kappa shape index (κ2) is 11.7. The molecule has 0 spiro atoms. The number of fused-ring (bicyclic) bond motifs is 4. The van der Waals surface area contributed by atoms with Crippen molar-refractivity contribution < 1.29 is 0 Å². The highest BCUT2D eigenvalue weighted by Crippen LogP contribution is 2.40. The van der Waals surface area contributed by atoms with Gasteiger partial charge >= 0.3 is 0 Å². The fraction of sp³-hybridized carbons (Fsp3) is 0.0556. The molecule has 0 radical (unpaired) electrons. The van der Waals surface area contributed by atoms with E-state index in [0.717, 1.165) is 54.2 Å². The Hall–Kier alpha value is -5.24. The predicted octanol–water partition coefficient (Wildman–Crippen LogP) is 9.47. The van der Waals surface area contributed by atoms with Gasteiger partial charge in [-0.2, -0.15) is 21.0 Å². The van der Waals surface area contributed by atoms with Crippen molar-refractivity contribution in [3.05, 3.63) is 129 Å². The molecule has 0 amide bonds. The zero-order valence-electron chi connectivity index (χ0n) is 22.3. The first-order valence-corrected chi connectivity index (χ1v) is 15.1. The van der Waals surface area contributed by atoms with Gasteiger partial charge in [0.2, 0.25) is 0 Å². The SMILES string of the molecule is N#C/C(SCc1c2ccccc2c(C#N)c2ccccc12)=C(/C#N)SCc1c2ccccc2c(C#N)c2ccccc12. The van der Waals surface area contributed by atoms with Crippen molar-refractivity contribution in [2.75, 3.05) is 0 Å². The molecule has 6 aromatic rings. The van der Waals surface area contributed by atoms with Crippen molar-refractivity contribution in [3.63, 3.8) is 0 Å². The summed E-state index contributed by atoms with van der Waals surface area (Å²) in [4.78, 5) is 0.726. The van der Waals surface area contributed by atoms with Gasteiger partial charge in [-0.3, -0.25) is 0 Å². The van der Waals surface area contributed by atoms with Crippen LogP contribution in [0.4, 0.5) is 0 Å². The second-order valence-electron chi connectivity index (χ2n) is 9.57. The van der Waals surface area contributed by atoms with Crippen molar-refractivity contribution in [1.29, 1.82) is 21.0 Å². The first-order valence-electron chi connectivity index (χ1n) is 13.1. The Bertz CT molecular complexity index is 1980. The Morgan fingerprint density at radius 3 is 0.929 bits per heavy atom. The van der Waals surface area contributed by atoms with E-state index in [2.05, 4.69) is 24.3 Å². The van der Waals surface area contributed by atoms with Gasteiger partial charge in [0.15, 0.2) is 0 Å². The number of allylic oxidation sites excluding steroid dienone is 2. The standard InChI is InChI=1S/C36H20N4S2/c37-17-31-23-9-1-5-13-27(23)33(28-14-6-2-10-24(28)31)21-41-35(19-39)36(20-40)42-22-34-29-15-7-3-11-25(29)32(18-38)26-12-4-8-16-30(26)34/h1-16H,21-22H2/b36-35+. The van der Waals surface area contributed by atoms with Gasteiger partial charge in [-0.1, -0.05) is 97.1 Å². The molecule has 0 N–H and O–H groups in total. The number of nitriles is 4. The summed E-state index contributed by atoms with van der Waals surface area (Å²) in [5.74, 6) is 0.953. The van der Waals surface area contributed by atoms with Gasteiger partial charge in [0.1, 0.15) is 34.1 Å². The number of rotatable bonds is 6. The Morgan fingerprint density at radius 1 is 0.429 bits per heavy atom. The summed E-state index contributed by atoms with van der Waals surface area (Å²) in [6, 6.07) is 40.7. The lowest BCUT2D eigenvalue weighted by Crippen LogP contribution is -1.94. The smallest absolute Gasteiger partial charge is 0.109 e. The summed E-state index contributed by atoms with van der Waals surface area (Å²) < 4.78 is 0. The maximum atomic E-state index is 10.2. The van der Waals surface area contributed by atoms with Gasteiger partial charge in [-0.15, -0.1) is 23.5 Å². The van der Waals surface area contributed by atoms with Crippen LogP contribution in [0.25, 0.3) is 43.1 Å². The van der Waals surface area contributed by atoms with Crippen molar-refractivity contribution in [1.82, 2.24) is 0 Å². The summed E-state index contributed by atoms with van der Waals surface area (Å²) in [6.07, 6.45) is 0. The highest BCUT2D eigenvalue weighted by atomic mass is 32.2. The van der Waals surface area contributed by atoms with Crippen LogP contribution >= 0.6 is 23.5 Å². The first kappa shape index (κ1) is 27.0. The van der Waals surface area contributed by atoms with E-state index in [0.29, 0.717) is 32.4 Å². The lowest BCUT2D eigenvalue weighted by molar-refractivity contribution is 1.47. The largest absolute Gasteiger partial charge is 0.192 e. The molecule has 42 heavy (non-hydrogen) atoms. The fourth-order valence-corrected chi connectivity index (χ4v) is 7.61. The van der Waals surface area contributed by atoms with Crippen LogP contribution < -0.4 is 0 Å². The van der Waals surface area contributed by atoms with E-state index >= 15 is 0 Å². The van der Waals surface area contributed by atoms with Crippen LogP contribution in [-0.4, -0.2) is 0 Å². The Morgan fingerprint density at radius 2 is 0.690 bits per heavy atom. The Labute approximate surface area is 251 Å². The van der Waals surface area contributed by atoms with E-state index in [1.54, 1.807) is 0 Å². The quantitative estimate of drug-likeness (QED) is 0.146. The third-order valence-electron chi connectivity index (χ3n) is 7.44. The molecule has 6 aromatic carbocycles. The van der Waals surface area contributed by atoms with Crippen molar-refractivity contribution >= 4 is 66.6 Å². The number of hydrogen-bond donors (Lipinski definition) is 0. The molecule has 0 heterocycles. The van der Waals surface area contributed by atoms with Gasteiger partial charge in [0.05, 0.1) is 11.1 Å². The Kier molecular flexibility index (Phi) is 7.51. The molecule has 0 bridgehead atoms. The molecule has 0 unspecified atom stereocenters. The molecule has 196 valence electrons. The molecule has 0 aliphatic carbocycles. The molecular weight excluding hydrogens is 553 g/mol. The molecule has 0 saturated heterocycles. The summed E-state index contributed by atoms with van der Waals surface area (Å²) in [6.45, 7) is 0. The fourth-order valence-electron chi connectivity index (χ4n) is 5.58. The molecule has 6 heteroatoms. The van der Waals surface area contributed by atoms with E-state index in [-0.39, 0.29) is 0 Å². The highest BCUT2D eigenvalue weighted by molar-refractivity contribution is 8.06. The Balaban J connectivity index is 1.39. The van der Waals surface area contributed by atoms with Crippen LogP contribution in [0.5, 0.6) is 0 Å². The lowest BCUT2D eigenvalue weighted by Gasteiger charge is -2.14. The minimum Gasteiger partial charge on any atom is -0.192 e. The third-order valence-corrected chi connectivity index (χ3v) is 9.60. The minimum atomic E-state index is 0.363. The van der Waals surface area contributed by atoms with Crippen LogP contribution in [0.1, 0.15) is 22.3 Å². The number of thioether (sulfide) groups is 2. The molecule has 0 fully saturated rings. The highest BCUT2D eigenvalue weighted by Gasteiger charge is 2.18. The van der Waals surface area contributed by atoms with Gasteiger partial charge < -0.3 is 0 Å². The maximum absolute atomic E-state index is 10.2. The van der Waals surface area contributed by atoms with Gasteiger partial charge in [-0.25, -0.2) is 0 Å². The van der Waals surface area contributed by atoms with E-state index in [4.69, 9.17) is 0 Å². The van der Waals surface area contributed by atoms with Gasteiger partial charge in [-0.05, 0) is 32.7 Å². The third kappa shape index (κ3) is 4.60. The number of benzene rings is 6. The summed E-state index contributed by atoms with van der Waals surface area (Å²) in [5.41, 5.74) is 3.34. The molecule has 0 saturated carbocycles. The normalized spacial score (nSPS) is 11.5. The molecule has 0 atom stereocenters. The van der Waals surface area contributed by atoms with Crippen molar-refractivity contribution in [3.8, 4) is 24.3 Å². The van der Waals surface area contributed by atoms with Gasteiger partial charge in [0, 0.05) is 33.1 Å². The van der Waals surface area contributed by atoms with E-state index in [9.17, 15) is 21.0 Å². The van der Waals surface area contributed by atoms with Crippen LogP contribution in [0.3, 0.4) is 0 Å². The topological polar surface area (TPSA) is 95.2 Å². The molecule has 0 aliphatic heterocycles. The van der Waals surface area contributed by atoms with Crippen molar-refractivity contribution in [2.45, 2.75) is 11.5 Å². The van der Waals surface area contributed by atoms with Gasteiger partial charge in [0.25, 0.3) is 0 Å². The van der Waals surface area contributed by atoms with Crippen LogP contribution in [-0.2, 0) is 11.5 Å². The predicted molar refractivity (Wildman–Crippen MR) is 173 cm³/mol. The lowest BCUT2D eigenvalue weighted by atomic mass is 9.93. The average molecular weight is 573 g/mol. The number of hydrogen-bond acceptors (Lipinski definition) is 6. The van der Waals surface area contributed by atoms with Crippen LogP contribution in [0, 0.1) is 45.3 Å². The number of nitrogens with zero attached hydrogens (tertiary/aromatic N) is 4. The summed E-state index contributed by atoms with van der Waals surface area (Å²) >= 11 is 2.70. The minimum absolute atomic E-state index is 0.363. The van der Waals surface area contributed by atoms with Crippen molar-refractivity contribution in [2.24, 2.45) is 0 Å². The maximum Gasteiger partial charge on any atom is 0.109 e. The van der Waals surface area contributed by atoms with E-state index in [1.165, 1.54) is 23.5 Å². The molecule has 0 aromatic heterocycles. The monoisotopic (exact) mass is 572 g/mol. The molecule has 4 nitrogen and oxygen atoms in total. The second-order valence-corrected chi connectivity index (χ2v) is 11.5. The first-order chi connectivity index (χ1) is 20.7.